The first-order valence-corrected chi connectivity index (χ1v) is 5.90. The number of rotatable bonds is 4. The van der Waals surface area contributed by atoms with Gasteiger partial charge in [0.2, 0.25) is 0 Å². The van der Waals surface area contributed by atoms with E-state index in [-0.39, 0.29) is 18.6 Å². The molecule has 18 heavy (non-hydrogen) atoms. The van der Waals surface area contributed by atoms with Crippen LogP contribution in [-0.2, 0) is 6.54 Å². The highest BCUT2D eigenvalue weighted by Crippen LogP contribution is 2.13. The minimum Gasteiger partial charge on any atom is -0.394 e. The quantitative estimate of drug-likeness (QED) is 0.828. The number of nitrogens with zero attached hydrogens (tertiary/aromatic N) is 3. The van der Waals surface area contributed by atoms with Crippen LogP contribution in [0.5, 0.6) is 0 Å². The molecule has 2 N–H and O–H groups in total. The van der Waals surface area contributed by atoms with E-state index < -0.39 is 0 Å². The van der Waals surface area contributed by atoms with Gasteiger partial charge in [-0.05, 0) is 32.0 Å². The van der Waals surface area contributed by atoms with Gasteiger partial charge in [0.05, 0.1) is 12.1 Å². The zero-order valence-corrected chi connectivity index (χ0v) is 10.4. The molecule has 1 unspecified atom stereocenters. The van der Waals surface area contributed by atoms with Crippen molar-refractivity contribution in [2.75, 3.05) is 6.61 Å². The molecule has 0 radical (unpaired) electrons. The molecule has 2 aromatic rings. The minimum atomic E-state index is -0.264. The Morgan fingerprint density at radius 3 is 3.00 bits per heavy atom. The van der Waals surface area contributed by atoms with Crippen molar-refractivity contribution in [1.29, 1.82) is 0 Å². The molecule has 96 valence electrons. The molecule has 6 nitrogen and oxygen atoms in total. The van der Waals surface area contributed by atoms with Crippen LogP contribution in [0.4, 0.5) is 0 Å². The number of hydrogen-bond donors (Lipinski definition) is 2. The van der Waals surface area contributed by atoms with Gasteiger partial charge in [-0.15, -0.1) is 5.10 Å². The number of amides is 1. The van der Waals surface area contributed by atoms with E-state index in [9.17, 15) is 4.79 Å². The lowest BCUT2D eigenvalue weighted by molar-refractivity contribution is 0.0922. The molecule has 0 saturated heterocycles. The first-order valence-electron chi connectivity index (χ1n) is 5.90. The van der Waals surface area contributed by atoms with E-state index in [1.54, 1.807) is 23.7 Å². The highest BCUT2D eigenvalue weighted by atomic mass is 16.3. The fraction of sp³-hybridized carbons (Fsp3) is 0.417. The van der Waals surface area contributed by atoms with Crippen molar-refractivity contribution in [2.24, 2.45) is 0 Å². The van der Waals surface area contributed by atoms with Crippen LogP contribution in [0.25, 0.3) is 11.0 Å². The summed E-state index contributed by atoms with van der Waals surface area (Å²) in [6, 6.07) is 5.00. The van der Waals surface area contributed by atoms with Crippen LogP contribution in [-0.4, -0.2) is 38.7 Å². The maximum atomic E-state index is 11.9. The van der Waals surface area contributed by atoms with Gasteiger partial charge in [-0.1, -0.05) is 5.21 Å². The van der Waals surface area contributed by atoms with Crippen molar-refractivity contribution in [1.82, 2.24) is 20.3 Å². The summed E-state index contributed by atoms with van der Waals surface area (Å²) in [7, 11) is 0. The molecule has 6 heteroatoms. The minimum absolute atomic E-state index is 0.0833. The SMILES string of the molecule is CCn1nnc2cc(C(=O)NC(C)CO)ccc21. The van der Waals surface area contributed by atoms with Crippen LogP contribution in [0.2, 0.25) is 0 Å². The summed E-state index contributed by atoms with van der Waals surface area (Å²) in [5, 5.41) is 19.6. The lowest BCUT2D eigenvalue weighted by Crippen LogP contribution is -2.34. The molecule has 0 fully saturated rings. The number of hydrogen-bond acceptors (Lipinski definition) is 4. The first-order chi connectivity index (χ1) is 8.65. The van der Waals surface area contributed by atoms with E-state index in [2.05, 4.69) is 15.6 Å². The molecule has 0 bridgehead atoms. The van der Waals surface area contributed by atoms with Crippen molar-refractivity contribution < 1.29 is 9.90 Å². The van der Waals surface area contributed by atoms with E-state index in [4.69, 9.17) is 5.11 Å². The molecular weight excluding hydrogens is 232 g/mol. The Morgan fingerprint density at radius 1 is 1.56 bits per heavy atom. The third-order valence-corrected chi connectivity index (χ3v) is 2.73. The molecule has 1 atom stereocenters. The molecule has 2 rings (SSSR count). The number of carbonyl (C=O) groups is 1. The van der Waals surface area contributed by atoms with Gasteiger partial charge in [0.15, 0.2) is 0 Å². The molecule has 0 saturated carbocycles. The van der Waals surface area contributed by atoms with Crippen molar-refractivity contribution >= 4 is 16.9 Å². The van der Waals surface area contributed by atoms with Crippen LogP contribution in [0.3, 0.4) is 0 Å². The highest BCUT2D eigenvalue weighted by Gasteiger charge is 2.11. The number of fused-ring (bicyclic) bond motifs is 1. The van der Waals surface area contributed by atoms with Crippen LogP contribution < -0.4 is 5.32 Å². The number of aryl methyl sites for hydroxylation is 1. The van der Waals surface area contributed by atoms with Gasteiger partial charge >= 0.3 is 0 Å². The molecular formula is C12H16N4O2. The van der Waals surface area contributed by atoms with Gasteiger partial charge in [-0.25, -0.2) is 4.68 Å². The van der Waals surface area contributed by atoms with Crippen LogP contribution in [0.1, 0.15) is 24.2 Å². The number of benzene rings is 1. The van der Waals surface area contributed by atoms with Gasteiger partial charge in [0, 0.05) is 18.2 Å². The summed E-state index contributed by atoms with van der Waals surface area (Å²) in [4.78, 5) is 11.9. The zero-order chi connectivity index (χ0) is 13.1. The summed E-state index contributed by atoms with van der Waals surface area (Å²) < 4.78 is 1.77. The summed E-state index contributed by atoms with van der Waals surface area (Å²) in [5.41, 5.74) is 2.12. The van der Waals surface area contributed by atoms with E-state index in [1.807, 2.05) is 13.0 Å². The Bertz CT molecular complexity index is 564. The molecule has 0 aliphatic carbocycles. The highest BCUT2D eigenvalue weighted by molar-refractivity contribution is 5.97. The average Bonchev–Trinajstić information content (AvgIpc) is 2.80. The summed E-state index contributed by atoms with van der Waals surface area (Å²) in [5.74, 6) is -0.218. The standard InChI is InChI=1S/C12H16N4O2/c1-3-16-11-5-4-9(6-10(11)14-15-16)12(18)13-8(2)7-17/h4-6,8,17H,3,7H2,1-2H3,(H,13,18). The average molecular weight is 248 g/mol. The summed E-state index contributed by atoms with van der Waals surface area (Å²) in [6.45, 7) is 4.38. The van der Waals surface area contributed by atoms with E-state index in [1.165, 1.54) is 0 Å². The fourth-order valence-corrected chi connectivity index (χ4v) is 1.70. The Labute approximate surface area is 105 Å². The smallest absolute Gasteiger partial charge is 0.251 e. The molecule has 0 aliphatic rings. The van der Waals surface area contributed by atoms with Crippen LogP contribution in [0, 0.1) is 0 Å². The Morgan fingerprint density at radius 2 is 2.33 bits per heavy atom. The van der Waals surface area contributed by atoms with Crippen LogP contribution in [0.15, 0.2) is 18.2 Å². The topological polar surface area (TPSA) is 80.0 Å². The molecule has 1 amide bonds. The van der Waals surface area contributed by atoms with E-state index in [0.717, 1.165) is 12.1 Å². The van der Waals surface area contributed by atoms with E-state index in [0.29, 0.717) is 11.1 Å². The van der Waals surface area contributed by atoms with Gasteiger partial charge in [0.1, 0.15) is 5.52 Å². The van der Waals surface area contributed by atoms with E-state index >= 15 is 0 Å². The maximum Gasteiger partial charge on any atom is 0.251 e. The number of aliphatic hydroxyl groups excluding tert-OH is 1. The van der Waals surface area contributed by atoms with Gasteiger partial charge in [0.25, 0.3) is 5.91 Å². The molecule has 0 aliphatic heterocycles. The molecule has 1 aromatic carbocycles. The van der Waals surface area contributed by atoms with Crippen molar-refractivity contribution in [2.45, 2.75) is 26.4 Å². The zero-order valence-electron chi connectivity index (χ0n) is 10.4. The van der Waals surface area contributed by atoms with Crippen molar-refractivity contribution in [3.05, 3.63) is 23.8 Å². The second-order valence-electron chi connectivity index (χ2n) is 4.17. The second kappa shape index (κ2) is 5.14. The maximum absolute atomic E-state index is 11.9. The summed E-state index contributed by atoms with van der Waals surface area (Å²) in [6.07, 6.45) is 0. The Kier molecular flexibility index (Phi) is 3.57. The van der Waals surface area contributed by atoms with Crippen molar-refractivity contribution in [3.63, 3.8) is 0 Å². The molecule has 0 spiro atoms. The second-order valence-corrected chi connectivity index (χ2v) is 4.17. The van der Waals surface area contributed by atoms with Gasteiger partial charge in [-0.3, -0.25) is 4.79 Å². The number of aliphatic hydroxyl groups is 1. The van der Waals surface area contributed by atoms with Crippen LogP contribution >= 0.6 is 0 Å². The predicted molar refractivity (Wildman–Crippen MR) is 67.2 cm³/mol. The largest absolute Gasteiger partial charge is 0.394 e. The van der Waals surface area contributed by atoms with Crippen molar-refractivity contribution in [3.8, 4) is 0 Å². The molecule has 1 aromatic heterocycles. The van der Waals surface area contributed by atoms with Gasteiger partial charge < -0.3 is 10.4 Å². The Hall–Kier alpha value is -1.95. The normalized spacial score (nSPS) is 12.6. The lowest BCUT2D eigenvalue weighted by Gasteiger charge is -2.10. The Balaban J connectivity index is 2.27. The first kappa shape index (κ1) is 12.5. The molecule has 1 heterocycles. The number of nitrogens with one attached hydrogen (secondary N) is 1. The summed E-state index contributed by atoms with van der Waals surface area (Å²) >= 11 is 0. The number of aromatic nitrogens is 3. The lowest BCUT2D eigenvalue weighted by atomic mass is 10.1. The fourth-order valence-electron chi connectivity index (χ4n) is 1.70. The number of carbonyl (C=O) groups excluding carboxylic acids is 1. The predicted octanol–water partition coefficient (Wildman–Crippen LogP) is 0.562. The third-order valence-electron chi connectivity index (χ3n) is 2.73. The van der Waals surface area contributed by atoms with Gasteiger partial charge in [-0.2, -0.15) is 0 Å². The third kappa shape index (κ3) is 2.33. The monoisotopic (exact) mass is 248 g/mol.